The second kappa shape index (κ2) is 6.89. The van der Waals surface area contributed by atoms with Crippen LogP contribution in [0.3, 0.4) is 0 Å². The van der Waals surface area contributed by atoms with Gasteiger partial charge in [-0.15, -0.1) is 0 Å². The number of ether oxygens (including phenoxy) is 1. The van der Waals surface area contributed by atoms with Crippen LogP contribution in [-0.4, -0.2) is 60.3 Å². The number of benzene rings is 1. The molecule has 2 heterocycles. The van der Waals surface area contributed by atoms with Gasteiger partial charge in [-0.3, -0.25) is 4.79 Å². The average Bonchev–Trinajstić information content (AvgIpc) is 2.79. The average molecular weight is 302 g/mol. The van der Waals surface area contributed by atoms with Crippen molar-refractivity contribution >= 4 is 16.9 Å². The highest BCUT2D eigenvalue weighted by atomic mass is 16.5. The normalized spacial score (nSPS) is 20.0. The minimum Gasteiger partial charge on any atom is -0.380 e. The van der Waals surface area contributed by atoms with Gasteiger partial charge in [0.25, 0.3) is 0 Å². The molecular weight excluding hydrogens is 280 g/mol. The first-order valence-corrected chi connectivity index (χ1v) is 7.65. The molecule has 1 saturated heterocycles. The highest BCUT2D eigenvalue weighted by Gasteiger charge is 2.17. The van der Waals surface area contributed by atoms with E-state index in [2.05, 4.69) is 22.2 Å². The molecule has 1 N–H and O–H groups in total. The van der Waals surface area contributed by atoms with E-state index in [1.807, 2.05) is 28.8 Å². The van der Waals surface area contributed by atoms with Crippen molar-refractivity contribution in [1.29, 1.82) is 0 Å². The summed E-state index contributed by atoms with van der Waals surface area (Å²) in [6, 6.07) is 7.82. The second-order valence-corrected chi connectivity index (χ2v) is 5.87. The number of amides is 1. The molecule has 0 saturated carbocycles. The number of nitrogens with zero attached hydrogens (tertiary/aromatic N) is 3. The van der Waals surface area contributed by atoms with Crippen LogP contribution in [0.5, 0.6) is 0 Å². The first-order valence-electron chi connectivity index (χ1n) is 7.65. The van der Waals surface area contributed by atoms with Crippen LogP contribution in [0.15, 0.2) is 30.6 Å². The van der Waals surface area contributed by atoms with E-state index in [-0.39, 0.29) is 5.91 Å². The fourth-order valence-corrected chi connectivity index (χ4v) is 2.78. The molecule has 3 rings (SSSR count). The van der Waals surface area contributed by atoms with Gasteiger partial charge in [0.1, 0.15) is 6.54 Å². The van der Waals surface area contributed by atoms with Crippen LogP contribution >= 0.6 is 0 Å². The lowest BCUT2D eigenvalue weighted by atomic mass is 10.1. The van der Waals surface area contributed by atoms with Crippen molar-refractivity contribution in [3.63, 3.8) is 0 Å². The molecule has 1 aromatic carbocycles. The van der Waals surface area contributed by atoms with Crippen molar-refractivity contribution in [3.8, 4) is 0 Å². The maximum absolute atomic E-state index is 12.2. The molecule has 6 nitrogen and oxygen atoms in total. The summed E-state index contributed by atoms with van der Waals surface area (Å²) in [6.07, 6.45) is 1.72. The topological polar surface area (TPSA) is 59.4 Å². The van der Waals surface area contributed by atoms with Crippen LogP contribution in [0.25, 0.3) is 11.0 Å². The Morgan fingerprint density at radius 2 is 2.32 bits per heavy atom. The molecule has 118 valence electrons. The van der Waals surface area contributed by atoms with Gasteiger partial charge < -0.3 is 19.5 Å². The standard InChI is InChI=1S/C16H22N4O2/c1-19-6-7-22-11-13(9-19)8-17-16(21)10-20-12-18-14-4-2-3-5-15(14)20/h2-5,12-13H,6-11H2,1H3,(H,17,21). The van der Waals surface area contributed by atoms with Gasteiger partial charge in [-0.05, 0) is 19.2 Å². The van der Waals surface area contributed by atoms with Crippen molar-refractivity contribution in [1.82, 2.24) is 19.8 Å². The summed E-state index contributed by atoms with van der Waals surface area (Å²) in [7, 11) is 2.08. The number of likely N-dealkylation sites (N-methyl/N-ethyl adjacent to an activating group) is 1. The number of imidazole rings is 1. The van der Waals surface area contributed by atoms with E-state index >= 15 is 0 Å². The summed E-state index contributed by atoms with van der Waals surface area (Å²) in [5.74, 6) is 0.353. The fourth-order valence-electron chi connectivity index (χ4n) is 2.78. The number of para-hydroxylation sites is 2. The minimum absolute atomic E-state index is 0.00931. The zero-order chi connectivity index (χ0) is 15.4. The Bertz CT molecular complexity index is 640. The zero-order valence-corrected chi connectivity index (χ0v) is 12.9. The Balaban J connectivity index is 1.54. The van der Waals surface area contributed by atoms with Crippen molar-refractivity contribution in [2.45, 2.75) is 6.54 Å². The molecule has 2 aromatic rings. The maximum Gasteiger partial charge on any atom is 0.240 e. The summed E-state index contributed by atoms with van der Waals surface area (Å²) < 4.78 is 7.44. The summed E-state index contributed by atoms with van der Waals surface area (Å²) in [5.41, 5.74) is 1.89. The van der Waals surface area contributed by atoms with E-state index in [0.29, 0.717) is 25.6 Å². The molecule has 0 aliphatic carbocycles. The molecule has 1 unspecified atom stereocenters. The van der Waals surface area contributed by atoms with Gasteiger partial charge in [0.15, 0.2) is 0 Å². The van der Waals surface area contributed by atoms with Crippen LogP contribution < -0.4 is 5.32 Å². The van der Waals surface area contributed by atoms with Gasteiger partial charge in [-0.25, -0.2) is 4.98 Å². The molecule has 1 amide bonds. The molecule has 1 fully saturated rings. The monoisotopic (exact) mass is 302 g/mol. The van der Waals surface area contributed by atoms with Gasteiger partial charge in [0, 0.05) is 25.6 Å². The smallest absolute Gasteiger partial charge is 0.240 e. The van der Waals surface area contributed by atoms with Crippen molar-refractivity contribution < 1.29 is 9.53 Å². The highest BCUT2D eigenvalue weighted by Crippen LogP contribution is 2.11. The third kappa shape index (κ3) is 3.64. The van der Waals surface area contributed by atoms with Crippen LogP contribution in [0.4, 0.5) is 0 Å². The summed E-state index contributed by atoms with van der Waals surface area (Å²) in [6.45, 7) is 4.32. The largest absolute Gasteiger partial charge is 0.380 e. The van der Waals surface area contributed by atoms with Gasteiger partial charge in [-0.1, -0.05) is 12.1 Å². The highest BCUT2D eigenvalue weighted by molar-refractivity contribution is 5.80. The van der Waals surface area contributed by atoms with E-state index in [9.17, 15) is 4.79 Å². The first-order chi connectivity index (χ1) is 10.7. The molecular formula is C16H22N4O2. The third-order valence-corrected chi connectivity index (χ3v) is 3.97. The van der Waals surface area contributed by atoms with Crippen molar-refractivity contribution in [2.75, 3.05) is 39.9 Å². The summed E-state index contributed by atoms with van der Waals surface area (Å²) >= 11 is 0. The van der Waals surface area contributed by atoms with Crippen LogP contribution in [0, 0.1) is 5.92 Å². The SMILES string of the molecule is CN1CCOCC(CNC(=O)Cn2cnc3ccccc32)C1. The molecule has 1 aromatic heterocycles. The number of carbonyl (C=O) groups excluding carboxylic acids is 1. The molecule has 1 aliphatic rings. The number of rotatable bonds is 4. The number of fused-ring (bicyclic) bond motifs is 1. The van der Waals surface area contributed by atoms with E-state index in [0.717, 1.165) is 30.7 Å². The lowest BCUT2D eigenvalue weighted by Crippen LogP contribution is -2.37. The lowest BCUT2D eigenvalue weighted by molar-refractivity contribution is -0.121. The van der Waals surface area contributed by atoms with E-state index < -0.39 is 0 Å². The second-order valence-electron chi connectivity index (χ2n) is 5.87. The third-order valence-electron chi connectivity index (χ3n) is 3.97. The Hall–Kier alpha value is -1.92. The molecule has 6 heteroatoms. The van der Waals surface area contributed by atoms with Crippen LogP contribution in [0.2, 0.25) is 0 Å². The first kappa shape index (κ1) is 15.0. The maximum atomic E-state index is 12.2. The van der Waals surface area contributed by atoms with Crippen molar-refractivity contribution in [3.05, 3.63) is 30.6 Å². The summed E-state index contributed by atoms with van der Waals surface area (Å²) in [5, 5.41) is 3.01. The number of carbonyl (C=O) groups is 1. The van der Waals surface area contributed by atoms with E-state index in [1.165, 1.54) is 0 Å². The Morgan fingerprint density at radius 1 is 1.45 bits per heavy atom. The van der Waals surface area contributed by atoms with E-state index in [4.69, 9.17) is 4.74 Å². The molecule has 22 heavy (non-hydrogen) atoms. The number of hydrogen-bond acceptors (Lipinski definition) is 4. The van der Waals surface area contributed by atoms with E-state index in [1.54, 1.807) is 6.33 Å². The molecule has 0 spiro atoms. The zero-order valence-electron chi connectivity index (χ0n) is 12.9. The number of hydrogen-bond donors (Lipinski definition) is 1. The van der Waals surface area contributed by atoms with Gasteiger partial charge in [-0.2, -0.15) is 0 Å². The fraction of sp³-hybridized carbons (Fsp3) is 0.500. The Morgan fingerprint density at radius 3 is 3.23 bits per heavy atom. The van der Waals surface area contributed by atoms with Crippen LogP contribution in [-0.2, 0) is 16.1 Å². The van der Waals surface area contributed by atoms with Crippen molar-refractivity contribution in [2.24, 2.45) is 5.92 Å². The predicted molar refractivity (Wildman–Crippen MR) is 84.5 cm³/mol. The van der Waals surface area contributed by atoms with Gasteiger partial charge >= 0.3 is 0 Å². The minimum atomic E-state index is 0.00931. The molecule has 1 aliphatic heterocycles. The van der Waals surface area contributed by atoms with Gasteiger partial charge in [0.2, 0.25) is 5.91 Å². The number of nitrogens with one attached hydrogen (secondary N) is 1. The molecule has 0 bridgehead atoms. The predicted octanol–water partition coefficient (Wildman–Crippen LogP) is 0.731. The number of aromatic nitrogens is 2. The molecule has 1 atom stereocenters. The summed E-state index contributed by atoms with van der Waals surface area (Å²) in [4.78, 5) is 18.7. The van der Waals surface area contributed by atoms with Gasteiger partial charge in [0.05, 0.1) is 30.6 Å². The lowest BCUT2D eigenvalue weighted by Gasteiger charge is -2.19. The molecule has 0 radical (unpaired) electrons. The quantitative estimate of drug-likeness (QED) is 0.904. The Labute approximate surface area is 130 Å². The Kier molecular flexibility index (Phi) is 4.70. The van der Waals surface area contributed by atoms with Crippen LogP contribution in [0.1, 0.15) is 0 Å².